The largest absolute Gasteiger partial charge is 0.479 e. The molecule has 104 valence electrons. The van der Waals surface area contributed by atoms with Crippen molar-refractivity contribution in [1.29, 1.82) is 0 Å². The van der Waals surface area contributed by atoms with Crippen LogP contribution in [-0.4, -0.2) is 47.7 Å². The summed E-state index contributed by atoms with van der Waals surface area (Å²) >= 11 is 0. The van der Waals surface area contributed by atoms with Gasteiger partial charge in [-0.25, -0.2) is 4.79 Å². The van der Waals surface area contributed by atoms with Crippen LogP contribution < -0.4 is 0 Å². The van der Waals surface area contributed by atoms with Crippen molar-refractivity contribution >= 4 is 5.97 Å². The average Bonchev–Trinajstić information content (AvgIpc) is 2.38. The lowest BCUT2D eigenvalue weighted by atomic mass is 9.90. The number of aliphatic carboxylic acids is 1. The minimum Gasteiger partial charge on any atom is -0.479 e. The van der Waals surface area contributed by atoms with Crippen LogP contribution in [0.3, 0.4) is 0 Å². The standard InChI is InChI=1S/C13H22O5/c14-10-6-11(13(15)16)18-8-12(10)17-7-9-4-2-1-3-5-9/h9-12,14H,1-8H2,(H,15,16)/t10-,11?,12?/m0/s1. The van der Waals surface area contributed by atoms with Crippen molar-refractivity contribution in [2.24, 2.45) is 5.92 Å². The summed E-state index contributed by atoms with van der Waals surface area (Å²) in [5, 5.41) is 18.6. The molecular formula is C13H22O5. The quantitative estimate of drug-likeness (QED) is 0.792. The molecule has 1 aliphatic carbocycles. The molecule has 2 rings (SSSR count). The molecule has 2 unspecified atom stereocenters. The van der Waals surface area contributed by atoms with E-state index >= 15 is 0 Å². The van der Waals surface area contributed by atoms with E-state index in [2.05, 4.69) is 0 Å². The zero-order valence-corrected chi connectivity index (χ0v) is 10.6. The minimum atomic E-state index is -1.01. The zero-order chi connectivity index (χ0) is 13.0. The summed E-state index contributed by atoms with van der Waals surface area (Å²) in [7, 11) is 0. The van der Waals surface area contributed by atoms with Crippen molar-refractivity contribution in [3.63, 3.8) is 0 Å². The Morgan fingerprint density at radius 2 is 2.00 bits per heavy atom. The van der Waals surface area contributed by atoms with Crippen molar-refractivity contribution in [2.75, 3.05) is 13.2 Å². The molecule has 1 saturated carbocycles. The highest BCUT2D eigenvalue weighted by molar-refractivity contribution is 5.72. The van der Waals surface area contributed by atoms with Gasteiger partial charge >= 0.3 is 5.97 Å². The van der Waals surface area contributed by atoms with E-state index in [1.807, 2.05) is 0 Å². The maximum absolute atomic E-state index is 10.7. The first kappa shape index (κ1) is 13.8. The molecule has 1 heterocycles. The van der Waals surface area contributed by atoms with Crippen LogP contribution in [0.15, 0.2) is 0 Å². The Balaban J connectivity index is 1.71. The van der Waals surface area contributed by atoms with Crippen molar-refractivity contribution in [3.05, 3.63) is 0 Å². The summed E-state index contributed by atoms with van der Waals surface area (Å²) in [5.41, 5.74) is 0. The molecular weight excluding hydrogens is 236 g/mol. The van der Waals surface area contributed by atoms with Crippen LogP contribution in [0.4, 0.5) is 0 Å². The van der Waals surface area contributed by atoms with Crippen LogP contribution >= 0.6 is 0 Å². The number of carboxylic acid groups (broad SMARTS) is 1. The Labute approximate surface area is 107 Å². The second-order valence-electron chi connectivity index (χ2n) is 5.34. The van der Waals surface area contributed by atoms with E-state index in [1.165, 1.54) is 32.1 Å². The van der Waals surface area contributed by atoms with E-state index < -0.39 is 18.2 Å². The number of carbonyl (C=O) groups is 1. The third-order valence-electron chi connectivity index (χ3n) is 3.89. The monoisotopic (exact) mass is 258 g/mol. The molecule has 5 heteroatoms. The van der Waals surface area contributed by atoms with Gasteiger partial charge in [-0.2, -0.15) is 0 Å². The summed E-state index contributed by atoms with van der Waals surface area (Å²) in [6.45, 7) is 0.827. The van der Waals surface area contributed by atoms with Crippen LogP contribution in [-0.2, 0) is 14.3 Å². The predicted octanol–water partition coefficient (Wildman–Crippen LogP) is 1.19. The second-order valence-corrected chi connectivity index (χ2v) is 5.34. The molecule has 0 amide bonds. The van der Waals surface area contributed by atoms with Crippen molar-refractivity contribution in [3.8, 4) is 0 Å². The van der Waals surface area contributed by atoms with Crippen molar-refractivity contribution < 1.29 is 24.5 Å². The molecule has 2 N–H and O–H groups in total. The Kier molecular flexibility index (Phi) is 4.97. The Hall–Kier alpha value is -0.650. The highest BCUT2D eigenvalue weighted by Crippen LogP contribution is 2.25. The van der Waals surface area contributed by atoms with Gasteiger partial charge in [-0.05, 0) is 18.8 Å². The molecule has 5 nitrogen and oxygen atoms in total. The van der Waals surface area contributed by atoms with Gasteiger partial charge in [0.2, 0.25) is 0 Å². The van der Waals surface area contributed by atoms with Gasteiger partial charge in [-0.3, -0.25) is 0 Å². The minimum absolute atomic E-state index is 0.116. The van der Waals surface area contributed by atoms with Gasteiger partial charge in [-0.15, -0.1) is 0 Å². The maximum atomic E-state index is 10.7. The van der Waals surface area contributed by atoms with Gasteiger partial charge < -0.3 is 19.7 Å². The first-order valence-corrected chi connectivity index (χ1v) is 6.81. The normalized spacial score (nSPS) is 34.4. The molecule has 0 spiro atoms. The molecule has 0 bridgehead atoms. The third-order valence-corrected chi connectivity index (χ3v) is 3.89. The van der Waals surface area contributed by atoms with E-state index in [0.29, 0.717) is 12.5 Å². The van der Waals surface area contributed by atoms with Gasteiger partial charge in [0.1, 0.15) is 6.10 Å². The summed E-state index contributed by atoms with van der Waals surface area (Å²) in [5.74, 6) is -0.428. The Morgan fingerprint density at radius 3 is 2.61 bits per heavy atom. The number of hydrogen-bond donors (Lipinski definition) is 2. The number of ether oxygens (including phenoxy) is 2. The first-order valence-electron chi connectivity index (χ1n) is 6.81. The van der Waals surface area contributed by atoms with E-state index in [0.717, 1.165) is 0 Å². The van der Waals surface area contributed by atoms with Crippen LogP contribution in [0.5, 0.6) is 0 Å². The van der Waals surface area contributed by atoms with Gasteiger partial charge in [-0.1, -0.05) is 19.3 Å². The van der Waals surface area contributed by atoms with Crippen molar-refractivity contribution in [2.45, 2.75) is 56.8 Å². The fourth-order valence-corrected chi connectivity index (χ4v) is 2.71. The smallest absolute Gasteiger partial charge is 0.332 e. The number of aliphatic hydroxyl groups is 1. The summed E-state index contributed by atoms with van der Waals surface area (Å²) in [4.78, 5) is 10.7. The predicted molar refractivity (Wildman–Crippen MR) is 64.3 cm³/mol. The molecule has 1 saturated heterocycles. The van der Waals surface area contributed by atoms with E-state index in [1.54, 1.807) is 0 Å². The molecule has 0 aromatic rings. The SMILES string of the molecule is O=C(O)C1C[C@H](O)C(OCC2CCCCC2)CO1. The van der Waals surface area contributed by atoms with E-state index in [9.17, 15) is 9.90 Å². The molecule has 0 aromatic carbocycles. The van der Waals surface area contributed by atoms with E-state index in [-0.39, 0.29) is 19.1 Å². The highest BCUT2D eigenvalue weighted by Gasteiger charge is 2.34. The molecule has 2 aliphatic rings. The Morgan fingerprint density at radius 1 is 1.28 bits per heavy atom. The average molecular weight is 258 g/mol. The lowest BCUT2D eigenvalue weighted by molar-refractivity contribution is -0.177. The summed E-state index contributed by atoms with van der Waals surface area (Å²) in [6, 6.07) is 0. The number of aliphatic hydroxyl groups excluding tert-OH is 1. The first-order chi connectivity index (χ1) is 8.66. The van der Waals surface area contributed by atoms with Gasteiger partial charge in [0.25, 0.3) is 0 Å². The van der Waals surface area contributed by atoms with Gasteiger partial charge in [0.05, 0.1) is 19.3 Å². The fraction of sp³-hybridized carbons (Fsp3) is 0.923. The lowest BCUT2D eigenvalue weighted by Gasteiger charge is -2.33. The van der Waals surface area contributed by atoms with Crippen LogP contribution in [0.1, 0.15) is 38.5 Å². The molecule has 1 aliphatic heterocycles. The molecule has 3 atom stereocenters. The number of rotatable bonds is 4. The second kappa shape index (κ2) is 6.50. The zero-order valence-electron chi connectivity index (χ0n) is 10.6. The van der Waals surface area contributed by atoms with Gasteiger partial charge in [0.15, 0.2) is 6.10 Å². The summed E-state index contributed by atoms with van der Waals surface area (Å²) < 4.78 is 10.9. The van der Waals surface area contributed by atoms with Crippen LogP contribution in [0.2, 0.25) is 0 Å². The van der Waals surface area contributed by atoms with Crippen molar-refractivity contribution in [1.82, 2.24) is 0 Å². The molecule has 18 heavy (non-hydrogen) atoms. The lowest BCUT2D eigenvalue weighted by Crippen LogP contribution is -2.46. The summed E-state index contributed by atoms with van der Waals surface area (Å²) in [6.07, 6.45) is 4.34. The maximum Gasteiger partial charge on any atom is 0.332 e. The third kappa shape index (κ3) is 3.67. The highest BCUT2D eigenvalue weighted by atomic mass is 16.6. The fourth-order valence-electron chi connectivity index (χ4n) is 2.71. The molecule has 2 fully saturated rings. The Bertz CT molecular complexity index is 275. The number of hydrogen-bond acceptors (Lipinski definition) is 4. The molecule has 0 aromatic heterocycles. The van der Waals surface area contributed by atoms with Crippen LogP contribution in [0, 0.1) is 5.92 Å². The van der Waals surface area contributed by atoms with Gasteiger partial charge in [0, 0.05) is 6.42 Å². The van der Waals surface area contributed by atoms with Crippen LogP contribution in [0.25, 0.3) is 0 Å². The molecule has 0 radical (unpaired) electrons. The number of carboxylic acids is 1. The topological polar surface area (TPSA) is 76.0 Å². The van der Waals surface area contributed by atoms with E-state index in [4.69, 9.17) is 14.6 Å².